The van der Waals surface area contributed by atoms with Crippen LogP contribution in [0.15, 0.2) is 30.3 Å². The van der Waals surface area contributed by atoms with E-state index in [4.69, 9.17) is 9.84 Å². The highest BCUT2D eigenvalue weighted by Gasteiger charge is 2.20. The van der Waals surface area contributed by atoms with E-state index in [-0.39, 0.29) is 12.0 Å². The number of carboxylic acid groups (broad SMARTS) is 1. The summed E-state index contributed by atoms with van der Waals surface area (Å²) in [6.45, 7) is 1.37. The Hall–Kier alpha value is -2.14. The van der Waals surface area contributed by atoms with Crippen molar-refractivity contribution in [3.63, 3.8) is 0 Å². The van der Waals surface area contributed by atoms with Gasteiger partial charge in [-0.3, -0.25) is 4.79 Å². The molecule has 0 aromatic heterocycles. The minimum Gasteiger partial charge on any atom is -0.478 e. The number of hydrogen-bond acceptors (Lipinski definition) is 3. The van der Waals surface area contributed by atoms with E-state index in [9.17, 15) is 9.59 Å². The molecule has 1 amide bonds. The number of rotatable bonds is 5. The third-order valence-electron chi connectivity index (χ3n) is 3.42. The second kappa shape index (κ2) is 7.04. The molecule has 0 radical (unpaired) electrons. The highest BCUT2D eigenvalue weighted by Crippen LogP contribution is 2.14. The smallest absolute Gasteiger partial charge is 0.328 e. The number of carboxylic acids is 1. The third-order valence-corrected chi connectivity index (χ3v) is 3.42. The minimum atomic E-state index is -0.994. The Bertz CT molecular complexity index is 530. The average Bonchev–Trinajstić information content (AvgIpc) is 2.97. The largest absolute Gasteiger partial charge is 0.478 e. The summed E-state index contributed by atoms with van der Waals surface area (Å²) < 4.78 is 5.52. The molecule has 1 aromatic carbocycles. The topological polar surface area (TPSA) is 66.8 Å². The van der Waals surface area contributed by atoms with Crippen LogP contribution in [0.1, 0.15) is 28.8 Å². The fourth-order valence-corrected chi connectivity index (χ4v) is 2.30. The quantitative estimate of drug-likeness (QED) is 0.842. The Morgan fingerprint density at radius 3 is 2.67 bits per heavy atom. The van der Waals surface area contributed by atoms with E-state index in [2.05, 4.69) is 0 Å². The first-order valence-corrected chi connectivity index (χ1v) is 6.94. The van der Waals surface area contributed by atoms with Gasteiger partial charge in [-0.25, -0.2) is 4.79 Å². The fraction of sp³-hybridized carbons (Fsp3) is 0.375. The molecule has 5 nitrogen and oxygen atoms in total. The highest BCUT2D eigenvalue weighted by atomic mass is 16.5. The fourth-order valence-electron chi connectivity index (χ4n) is 2.30. The predicted molar refractivity (Wildman–Crippen MR) is 79.0 cm³/mol. The monoisotopic (exact) mass is 289 g/mol. The SMILES string of the molecule is CN(CC1CCCO1)C(=O)c1ccc(C=CC(=O)O)cc1. The van der Waals surface area contributed by atoms with E-state index < -0.39 is 5.97 Å². The standard InChI is InChI=1S/C16H19NO4/c1-17(11-14-3-2-10-21-14)16(20)13-7-4-12(5-8-13)6-9-15(18)19/h4-9,14H,2-3,10-11H2,1H3,(H,18,19). The Morgan fingerprint density at radius 1 is 1.38 bits per heavy atom. The Balaban J connectivity index is 1.96. The van der Waals surface area contributed by atoms with Crippen LogP contribution >= 0.6 is 0 Å². The van der Waals surface area contributed by atoms with E-state index >= 15 is 0 Å². The zero-order chi connectivity index (χ0) is 15.2. The van der Waals surface area contributed by atoms with Crippen molar-refractivity contribution in [2.75, 3.05) is 20.2 Å². The van der Waals surface area contributed by atoms with Gasteiger partial charge in [0.2, 0.25) is 0 Å². The van der Waals surface area contributed by atoms with Crippen molar-refractivity contribution in [3.05, 3.63) is 41.5 Å². The van der Waals surface area contributed by atoms with Gasteiger partial charge in [-0.05, 0) is 36.6 Å². The van der Waals surface area contributed by atoms with E-state index in [0.717, 1.165) is 31.1 Å². The van der Waals surface area contributed by atoms with Crippen LogP contribution in [0.25, 0.3) is 6.08 Å². The van der Waals surface area contributed by atoms with E-state index in [1.54, 1.807) is 36.2 Å². The van der Waals surface area contributed by atoms with Crippen molar-refractivity contribution >= 4 is 18.0 Å². The van der Waals surface area contributed by atoms with Crippen molar-refractivity contribution in [1.29, 1.82) is 0 Å². The third kappa shape index (κ3) is 4.43. The number of ether oxygens (including phenoxy) is 1. The zero-order valence-corrected chi connectivity index (χ0v) is 12.0. The number of amides is 1. The molecular formula is C16H19NO4. The summed E-state index contributed by atoms with van der Waals surface area (Å²) in [5, 5.41) is 8.57. The molecule has 0 bridgehead atoms. The number of aliphatic carboxylic acids is 1. The molecule has 1 atom stereocenters. The summed E-state index contributed by atoms with van der Waals surface area (Å²) >= 11 is 0. The molecular weight excluding hydrogens is 270 g/mol. The van der Waals surface area contributed by atoms with Crippen LogP contribution in [0.5, 0.6) is 0 Å². The van der Waals surface area contributed by atoms with Gasteiger partial charge in [0.1, 0.15) is 0 Å². The number of benzene rings is 1. The number of nitrogens with zero attached hydrogens (tertiary/aromatic N) is 1. The van der Waals surface area contributed by atoms with Gasteiger partial charge in [-0.15, -0.1) is 0 Å². The zero-order valence-electron chi connectivity index (χ0n) is 12.0. The van der Waals surface area contributed by atoms with E-state index in [1.807, 2.05) is 0 Å². The Labute approximate surface area is 123 Å². The number of hydrogen-bond donors (Lipinski definition) is 1. The van der Waals surface area contributed by atoms with Crippen LogP contribution < -0.4 is 0 Å². The molecule has 1 heterocycles. The Morgan fingerprint density at radius 2 is 2.10 bits per heavy atom. The summed E-state index contributed by atoms with van der Waals surface area (Å²) in [7, 11) is 1.77. The van der Waals surface area contributed by atoms with Crippen LogP contribution in [-0.4, -0.2) is 48.2 Å². The Kier molecular flexibility index (Phi) is 5.11. The van der Waals surface area contributed by atoms with Crippen molar-refractivity contribution < 1.29 is 19.4 Å². The molecule has 1 aliphatic heterocycles. The molecule has 2 rings (SSSR count). The first-order valence-electron chi connectivity index (χ1n) is 6.94. The molecule has 21 heavy (non-hydrogen) atoms. The maximum Gasteiger partial charge on any atom is 0.328 e. The van der Waals surface area contributed by atoms with Gasteiger partial charge in [-0.1, -0.05) is 12.1 Å². The maximum atomic E-state index is 12.3. The molecule has 1 aromatic rings. The van der Waals surface area contributed by atoms with Crippen LogP contribution in [0.2, 0.25) is 0 Å². The van der Waals surface area contributed by atoms with Gasteiger partial charge in [0.25, 0.3) is 5.91 Å². The number of likely N-dealkylation sites (N-methyl/N-ethyl adjacent to an activating group) is 1. The molecule has 1 saturated heterocycles. The number of carbonyl (C=O) groups excluding carboxylic acids is 1. The molecule has 1 unspecified atom stereocenters. The first-order chi connectivity index (χ1) is 10.1. The van der Waals surface area contributed by atoms with Crippen LogP contribution in [0.3, 0.4) is 0 Å². The van der Waals surface area contributed by atoms with Crippen LogP contribution in [0, 0.1) is 0 Å². The summed E-state index contributed by atoms with van der Waals surface area (Å²) in [6, 6.07) is 6.87. The predicted octanol–water partition coefficient (Wildman–Crippen LogP) is 2.04. The van der Waals surface area contributed by atoms with Crippen LogP contribution in [-0.2, 0) is 9.53 Å². The van der Waals surface area contributed by atoms with Crippen molar-refractivity contribution in [3.8, 4) is 0 Å². The molecule has 1 fully saturated rings. The van der Waals surface area contributed by atoms with Gasteiger partial charge in [0, 0.05) is 31.8 Å². The van der Waals surface area contributed by atoms with Gasteiger partial charge in [0.05, 0.1) is 6.10 Å². The van der Waals surface area contributed by atoms with Crippen molar-refractivity contribution in [1.82, 2.24) is 4.90 Å². The van der Waals surface area contributed by atoms with Gasteiger partial charge < -0.3 is 14.7 Å². The normalized spacial score (nSPS) is 18.0. The number of carbonyl (C=O) groups is 2. The second-order valence-electron chi connectivity index (χ2n) is 5.11. The van der Waals surface area contributed by atoms with E-state index in [1.165, 1.54) is 6.08 Å². The molecule has 0 spiro atoms. The lowest BCUT2D eigenvalue weighted by Gasteiger charge is -2.20. The lowest BCUT2D eigenvalue weighted by Crippen LogP contribution is -2.34. The lowest BCUT2D eigenvalue weighted by atomic mass is 10.1. The highest BCUT2D eigenvalue weighted by molar-refractivity contribution is 5.94. The minimum absolute atomic E-state index is 0.0562. The summed E-state index contributed by atoms with van der Waals surface area (Å²) in [4.78, 5) is 24.4. The van der Waals surface area contributed by atoms with Crippen molar-refractivity contribution in [2.24, 2.45) is 0 Å². The van der Waals surface area contributed by atoms with Gasteiger partial charge >= 0.3 is 5.97 Å². The van der Waals surface area contributed by atoms with E-state index in [0.29, 0.717) is 12.1 Å². The average molecular weight is 289 g/mol. The van der Waals surface area contributed by atoms with Gasteiger partial charge in [-0.2, -0.15) is 0 Å². The molecule has 112 valence electrons. The molecule has 1 aliphatic rings. The molecule has 0 aliphatic carbocycles. The van der Waals surface area contributed by atoms with Crippen molar-refractivity contribution in [2.45, 2.75) is 18.9 Å². The maximum absolute atomic E-state index is 12.3. The summed E-state index contributed by atoms with van der Waals surface area (Å²) in [6.07, 6.45) is 4.75. The molecule has 5 heteroatoms. The summed E-state index contributed by atoms with van der Waals surface area (Å²) in [5.74, 6) is -1.05. The van der Waals surface area contributed by atoms with Crippen LogP contribution in [0.4, 0.5) is 0 Å². The van der Waals surface area contributed by atoms with Gasteiger partial charge in [0.15, 0.2) is 0 Å². The lowest BCUT2D eigenvalue weighted by molar-refractivity contribution is -0.131. The molecule has 1 N–H and O–H groups in total. The first kappa shape index (κ1) is 15.3. The summed E-state index contributed by atoms with van der Waals surface area (Å²) in [5.41, 5.74) is 1.33. The second-order valence-corrected chi connectivity index (χ2v) is 5.11. The molecule has 0 saturated carbocycles.